The number of aryl methyl sites for hydroxylation is 1. The molecule has 0 saturated carbocycles. The molecule has 0 fully saturated rings. The van der Waals surface area contributed by atoms with Gasteiger partial charge in [-0.05, 0) is 18.6 Å². The van der Waals surface area contributed by atoms with Crippen LogP contribution in [-0.2, 0) is 4.79 Å². The Kier molecular flexibility index (Phi) is 5.65. The highest BCUT2D eigenvalue weighted by molar-refractivity contribution is 5.92. The van der Waals surface area contributed by atoms with E-state index in [1.807, 2.05) is 37.3 Å². The molecule has 18 heavy (non-hydrogen) atoms. The van der Waals surface area contributed by atoms with Gasteiger partial charge in [0.1, 0.15) is 0 Å². The Morgan fingerprint density at radius 3 is 2.50 bits per heavy atom. The molecule has 2 heteroatoms. The Hall–Kier alpha value is -2.09. The minimum absolute atomic E-state index is 0.0312. The molecule has 0 aliphatic rings. The average molecular weight is 241 g/mol. The molecule has 0 heterocycles. The molecular weight excluding hydrogens is 222 g/mol. The molecule has 0 N–H and O–H groups in total. The molecule has 2 nitrogen and oxygen atoms in total. The minimum atomic E-state index is -0.0312. The average Bonchev–Trinajstić information content (AvgIpc) is 2.36. The minimum Gasteiger partial charge on any atom is -0.332 e. The van der Waals surface area contributed by atoms with E-state index >= 15 is 0 Å². The molecule has 1 amide bonds. The number of hydrogen-bond acceptors (Lipinski definition) is 1. The van der Waals surface area contributed by atoms with Crippen molar-refractivity contribution in [2.75, 3.05) is 13.1 Å². The van der Waals surface area contributed by atoms with Gasteiger partial charge in [0, 0.05) is 19.2 Å². The molecule has 0 aromatic heterocycles. The first-order valence-electron chi connectivity index (χ1n) is 5.93. The topological polar surface area (TPSA) is 20.3 Å². The van der Waals surface area contributed by atoms with Crippen LogP contribution in [0.3, 0.4) is 0 Å². The lowest BCUT2D eigenvalue weighted by atomic mass is 10.1. The van der Waals surface area contributed by atoms with Crippen molar-refractivity contribution in [3.63, 3.8) is 0 Å². The highest BCUT2D eigenvalue weighted by Gasteiger charge is 2.05. The number of nitrogens with zero attached hydrogens (tertiary/aromatic N) is 1. The number of rotatable bonds is 6. The smallest absolute Gasteiger partial charge is 0.247 e. The van der Waals surface area contributed by atoms with Crippen LogP contribution < -0.4 is 0 Å². The van der Waals surface area contributed by atoms with Crippen LogP contribution in [-0.4, -0.2) is 23.9 Å². The quantitative estimate of drug-likeness (QED) is 0.553. The zero-order valence-electron chi connectivity index (χ0n) is 10.8. The summed E-state index contributed by atoms with van der Waals surface area (Å²) >= 11 is 0. The summed E-state index contributed by atoms with van der Waals surface area (Å²) in [5.74, 6) is -0.0312. The summed E-state index contributed by atoms with van der Waals surface area (Å²) in [5, 5.41) is 0. The molecular formula is C16H19NO. The standard InChI is InChI=1S/C16H19NO/c1-4-11-17(12-5-2)16(18)10-9-15-8-6-7-14(3)13-15/h4-10,13H,1-2,11-12H2,3H3/b10-9+. The Bertz CT molecular complexity index is 450. The van der Waals surface area contributed by atoms with Gasteiger partial charge in [-0.2, -0.15) is 0 Å². The first-order valence-corrected chi connectivity index (χ1v) is 5.93. The third kappa shape index (κ3) is 4.42. The van der Waals surface area contributed by atoms with Gasteiger partial charge < -0.3 is 4.90 Å². The molecule has 0 unspecified atom stereocenters. The summed E-state index contributed by atoms with van der Waals surface area (Å²) in [5.41, 5.74) is 2.21. The van der Waals surface area contributed by atoms with E-state index in [0.29, 0.717) is 13.1 Å². The van der Waals surface area contributed by atoms with Crippen molar-refractivity contribution < 1.29 is 4.79 Å². The second-order valence-electron chi connectivity index (χ2n) is 4.07. The number of benzene rings is 1. The lowest BCUT2D eigenvalue weighted by Gasteiger charge is -2.16. The number of carbonyl (C=O) groups is 1. The van der Waals surface area contributed by atoms with Crippen molar-refractivity contribution in [3.05, 3.63) is 66.8 Å². The largest absolute Gasteiger partial charge is 0.332 e. The van der Waals surface area contributed by atoms with Crippen LogP contribution >= 0.6 is 0 Å². The van der Waals surface area contributed by atoms with Crippen molar-refractivity contribution in [3.8, 4) is 0 Å². The van der Waals surface area contributed by atoms with Gasteiger partial charge in [-0.15, -0.1) is 13.2 Å². The van der Waals surface area contributed by atoms with E-state index in [1.54, 1.807) is 23.1 Å². The monoisotopic (exact) mass is 241 g/mol. The maximum absolute atomic E-state index is 11.9. The van der Waals surface area contributed by atoms with Gasteiger partial charge >= 0.3 is 0 Å². The highest BCUT2D eigenvalue weighted by atomic mass is 16.2. The fourth-order valence-corrected chi connectivity index (χ4v) is 1.61. The summed E-state index contributed by atoms with van der Waals surface area (Å²) in [6.45, 7) is 10.4. The van der Waals surface area contributed by atoms with E-state index in [2.05, 4.69) is 13.2 Å². The van der Waals surface area contributed by atoms with E-state index in [4.69, 9.17) is 0 Å². The van der Waals surface area contributed by atoms with Gasteiger partial charge in [0.05, 0.1) is 0 Å². The second kappa shape index (κ2) is 7.28. The summed E-state index contributed by atoms with van der Waals surface area (Å²) in [4.78, 5) is 13.6. The third-order valence-electron chi connectivity index (χ3n) is 2.47. The van der Waals surface area contributed by atoms with Crippen LogP contribution in [0.4, 0.5) is 0 Å². The molecule has 0 aliphatic heterocycles. The second-order valence-corrected chi connectivity index (χ2v) is 4.07. The van der Waals surface area contributed by atoms with Crippen molar-refractivity contribution in [2.45, 2.75) is 6.92 Å². The molecule has 0 spiro atoms. The molecule has 1 aromatic carbocycles. The van der Waals surface area contributed by atoms with E-state index in [9.17, 15) is 4.79 Å². The summed E-state index contributed by atoms with van der Waals surface area (Å²) in [7, 11) is 0. The van der Waals surface area contributed by atoms with E-state index < -0.39 is 0 Å². The molecule has 0 saturated heterocycles. The number of carbonyl (C=O) groups excluding carboxylic acids is 1. The zero-order valence-corrected chi connectivity index (χ0v) is 10.8. The van der Waals surface area contributed by atoms with Crippen LogP contribution in [0, 0.1) is 6.92 Å². The van der Waals surface area contributed by atoms with Gasteiger partial charge in [0.25, 0.3) is 0 Å². The predicted octanol–water partition coefficient (Wildman–Crippen LogP) is 3.21. The molecule has 0 bridgehead atoms. The highest BCUT2D eigenvalue weighted by Crippen LogP contribution is 2.06. The van der Waals surface area contributed by atoms with Gasteiger partial charge in [0.15, 0.2) is 0 Å². The van der Waals surface area contributed by atoms with Gasteiger partial charge in [-0.1, -0.05) is 42.0 Å². The summed E-state index contributed by atoms with van der Waals surface area (Å²) in [6, 6.07) is 8.02. The van der Waals surface area contributed by atoms with Crippen LogP contribution in [0.1, 0.15) is 11.1 Å². The maximum Gasteiger partial charge on any atom is 0.247 e. The fourth-order valence-electron chi connectivity index (χ4n) is 1.61. The first kappa shape index (κ1) is 14.0. The predicted molar refractivity (Wildman–Crippen MR) is 77.2 cm³/mol. The third-order valence-corrected chi connectivity index (χ3v) is 2.47. The van der Waals surface area contributed by atoms with E-state index in [0.717, 1.165) is 5.56 Å². The van der Waals surface area contributed by atoms with Gasteiger partial charge in [0.2, 0.25) is 5.91 Å². The fraction of sp³-hybridized carbons (Fsp3) is 0.188. The van der Waals surface area contributed by atoms with Gasteiger partial charge in [-0.25, -0.2) is 0 Å². The zero-order chi connectivity index (χ0) is 13.4. The number of hydrogen-bond donors (Lipinski definition) is 0. The Morgan fingerprint density at radius 1 is 1.28 bits per heavy atom. The molecule has 0 atom stereocenters. The van der Waals surface area contributed by atoms with E-state index in [-0.39, 0.29) is 5.91 Å². The lowest BCUT2D eigenvalue weighted by molar-refractivity contribution is -0.124. The summed E-state index contributed by atoms with van der Waals surface area (Å²) in [6.07, 6.45) is 6.83. The Morgan fingerprint density at radius 2 is 1.94 bits per heavy atom. The maximum atomic E-state index is 11.9. The molecule has 1 rings (SSSR count). The van der Waals surface area contributed by atoms with Crippen LogP contribution in [0.5, 0.6) is 0 Å². The first-order chi connectivity index (χ1) is 8.67. The van der Waals surface area contributed by atoms with Crippen LogP contribution in [0.2, 0.25) is 0 Å². The molecule has 94 valence electrons. The SMILES string of the molecule is C=CCN(CC=C)C(=O)/C=C/c1cccc(C)c1. The molecule has 1 aromatic rings. The summed E-state index contributed by atoms with van der Waals surface area (Å²) < 4.78 is 0. The van der Waals surface area contributed by atoms with Crippen LogP contribution in [0.15, 0.2) is 55.7 Å². The van der Waals surface area contributed by atoms with Gasteiger partial charge in [-0.3, -0.25) is 4.79 Å². The van der Waals surface area contributed by atoms with Crippen molar-refractivity contribution in [2.24, 2.45) is 0 Å². The molecule has 0 radical (unpaired) electrons. The van der Waals surface area contributed by atoms with Crippen molar-refractivity contribution in [1.82, 2.24) is 4.90 Å². The Balaban J connectivity index is 2.72. The van der Waals surface area contributed by atoms with Crippen molar-refractivity contribution in [1.29, 1.82) is 0 Å². The normalized spacial score (nSPS) is 10.3. The van der Waals surface area contributed by atoms with Crippen LogP contribution in [0.25, 0.3) is 6.08 Å². The lowest BCUT2D eigenvalue weighted by Crippen LogP contribution is -2.29. The number of amides is 1. The van der Waals surface area contributed by atoms with E-state index in [1.165, 1.54) is 5.56 Å². The van der Waals surface area contributed by atoms with Crippen molar-refractivity contribution >= 4 is 12.0 Å². The molecule has 0 aliphatic carbocycles. The Labute approximate surface area is 109 Å².